The van der Waals surface area contributed by atoms with Crippen molar-refractivity contribution < 1.29 is 4.79 Å². The summed E-state index contributed by atoms with van der Waals surface area (Å²) >= 11 is 0. The number of H-pyrrole nitrogens is 1. The Morgan fingerprint density at radius 2 is 2.24 bits per heavy atom. The molecule has 2 amide bonds. The molecule has 1 atom stereocenters. The highest BCUT2D eigenvalue weighted by Crippen LogP contribution is 2.19. The lowest BCUT2D eigenvalue weighted by atomic mass is 9.94. The molecule has 6 heteroatoms. The van der Waals surface area contributed by atoms with Crippen LogP contribution in [0.5, 0.6) is 0 Å². The lowest BCUT2D eigenvalue weighted by molar-refractivity contribution is 0.247. The molecule has 0 fully saturated rings. The van der Waals surface area contributed by atoms with Gasteiger partial charge in [0.05, 0.1) is 6.20 Å². The SMILES string of the molecule is Cc1cc(C)nc(NC(=O)N[C@H]2CCc3[nH]ncc3C2)c1. The highest BCUT2D eigenvalue weighted by Gasteiger charge is 2.21. The molecule has 0 saturated carbocycles. The summed E-state index contributed by atoms with van der Waals surface area (Å²) < 4.78 is 0. The van der Waals surface area contributed by atoms with E-state index in [2.05, 4.69) is 25.8 Å². The summed E-state index contributed by atoms with van der Waals surface area (Å²) in [6.45, 7) is 3.90. The molecule has 2 aromatic heterocycles. The van der Waals surface area contributed by atoms with E-state index in [0.717, 1.165) is 30.5 Å². The number of aromatic nitrogens is 3. The zero-order valence-corrected chi connectivity index (χ0v) is 12.2. The van der Waals surface area contributed by atoms with Crippen molar-refractivity contribution in [3.05, 3.63) is 40.8 Å². The van der Waals surface area contributed by atoms with Crippen molar-refractivity contribution >= 4 is 11.8 Å². The Hall–Kier alpha value is -2.37. The Balaban J connectivity index is 1.60. The van der Waals surface area contributed by atoms with Crippen molar-refractivity contribution in [2.24, 2.45) is 0 Å². The highest BCUT2D eigenvalue weighted by molar-refractivity contribution is 5.88. The smallest absolute Gasteiger partial charge is 0.320 e. The number of nitrogens with zero attached hydrogens (tertiary/aromatic N) is 2. The van der Waals surface area contributed by atoms with Gasteiger partial charge in [0.2, 0.25) is 0 Å². The summed E-state index contributed by atoms with van der Waals surface area (Å²) in [6.07, 6.45) is 4.50. The molecule has 0 spiro atoms. The fourth-order valence-electron chi connectivity index (χ4n) is 2.78. The van der Waals surface area contributed by atoms with Gasteiger partial charge >= 0.3 is 6.03 Å². The molecule has 2 aromatic rings. The molecule has 21 heavy (non-hydrogen) atoms. The van der Waals surface area contributed by atoms with Crippen LogP contribution in [0, 0.1) is 13.8 Å². The van der Waals surface area contributed by atoms with Gasteiger partial charge in [0.15, 0.2) is 0 Å². The van der Waals surface area contributed by atoms with Crippen LogP contribution in [0.2, 0.25) is 0 Å². The number of rotatable bonds is 2. The largest absolute Gasteiger partial charge is 0.335 e. The van der Waals surface area contributed by atoms with Gasteiger partial charge in [-0.25, -0.2) is 9.78 Å². The predicted molar refractivity (Wildman–Crippen MR) is 80.3 cm³/mol. The number of hydrogen-bond donors (Lipinski definition) is 3. The molecule has 2 heterocycles. The number of nitrogens with one attached hydrogen (secondary N) is 3. The van der Waals surface area contributed by atoms with Gasteiger partial charge in [-0.1, -0.05) is 0 Å². The Labute approximate surface area is 123 Å². The molecular weight excluding hydrogens is 266 g/mol. The van der Waals surface area contributed by atoms with Gasteiger partial charge in [0.1, 0.15) is 5.82 Å². The molecule has 0 radical (unpaired) electrons. The number of hydrogen-bond acceptors (Lipinski definition) is 3. The van der Waals surface area contributed by atoms with E-state index in [4.69, 9.17) is 0 Å². The molecule has 0 aliphatic heterocycles. The van der Waals surface area contributed by atoms with E-state index < -0.39 is 0 Å². The summed E-state index contributed by atoms with van der Waals surface area (Å²) in [5.41, 5.74) is 4.35. The van der Waals surface area contributed by atoms with Gasteiger partial charge in [0, 0.05) is 17.4 Å². The van der Waals surface area contributed by atoms with Crippen LogP contribution in [0.4, 0.5) is 10.6 Å². The average molecular weight is 285 g/mol. The monoisotopic (exact) mass is 285 g/mol. The van der Waals surface area contributed by atoms with Gasteiger partial charge < -0.3 is 5.32 Å². The number of fused-ring (bicyclic) bond motifs is 1. The molecule has 1 aliphatic carbocycles. The van der Waals surface area contributed by atoms with Crippen LogP contribution < -0.4 is 10.6 Å². The van der Waals surface area contributed by atoms with Crippen molar-refractivity contribution in [1.82, 2.24) is 20.5 Å². The number of carbonyl (C=O) groups is 1. The second-order valence-corrected chi connectivity index (χ2v) is 5.58. The van der Waals surface area contributed by atoms with E-state index in [1.807, 2.05) is 32.2 Å². The zero-order chi connectivity index (χ0) is 14.8. The summed E-state index contributed by atoms with van der Waals surface area (Å²) in [5, 5.41) is 12.8. The van der Waals surface area contributed by atoms with E-state index in [9.17, 15) is 4.79 Å². The molecule has 3 rings (SSSR count). The molecule has 0 aromatic carbocycles. The van der Waals surface area contributed by atoms with Crippen LogP contribution in [-0.2, 0) is 12.8 Å². The van der Waals surface area contributed by atoms with Gasteiger partial charge in [-0.15, -0.1) is 0 Å². The molecule has 0 bridgehead atoms. The summed E-state index contributed by atoms with van der Waals surface area (Å²) in [7, 11) is 0. The third-order valence-electron chi connectivity index (χ3n) is 3.69. The van der Waals surface area contributed by atoms with Crippen molar-refractivity contribution in [1.29, 1.82) is 0 Å². The third kappa shape index (κ3) is 3.21. The Morgan fingerprint density at radius 3 is 3.05 bits per heavy atom. The van der Waals surface area contributed by atoms with Crippen molar-refractivity contribution in [2.45, 2.75) is 39.2 Å². The predicted octanol–water partition coefficient (Wildman–Crippen LogP) is 2.10. The van der Waals surface area contributed by atoms with E-state index in [-0.39, 0.29) is 12.1 Å². The summed E-state index contributed by atoms with van der Waals surface area (Å²) in [6, 6.07) is 3.78. The number of carbonyl (C=O) groups excluding carboxylic acids is 1. The van der Waals surface area contributed by atoms with Gasteiger partial charge in [-0.3, -0.25) is 10.4 Å². The molecule has 6 nitrogen and oxygen atoms in total. The second kappa shape index (κ2) is 5.55. The number of urea groups is 1. The van der Waals surface area contributed by atoms with Gasteiger partial charge in [0.25, 0.3) is 0 Å². The first-order valence-corrected chi connectivity index (χ1v) is 7.14. The van der Waals surface area contributed by atoms with E-state index in [1.165, 1.54) is 11.3 Å². The molecule has 0 saturated heterocycles. The topological polar surface area (TPSA) is 82.7 Å². The second-order valence-electron chi connectivity index (χ2n) is 5.58. The first kappa shape index (κ1) is 13.6. The van der Waals surface area contributed by atoms with E-state index in [0.29, 0.717) is 5.82 Å². The van der Waals surface area contributed by atoms with E-state index in [1.54, 1.807) is 0 Å². The van der Waals surface area contributed by atoms with Crippen molar-refractivity contribution in [3.8, 4) is 0 Å². The molecule has 3 N–H and O–H groups in total. The Bertz CT molecular complexity index is 644. The van der Waals surface area contributed by atoms with Crippen molar-refractivity contribution in [3.63, 3.8) is 0 Å². The van der Waals surface area contributed by atoms with Crippen molar-refractivity contribution in [2.75, 3.05) is 5.32 Å². The van der Waals surface area contributed by atoms with Gasteiger partial charge in [-0.2, -0.15) is 5.10 Å². The average Bonchev–Trinajstić information content (AvgIpc) is 2.84. The lowest BCUT2D eigenvalue weighted by Gasteiger charge is -2.22. The maximum Gasteiger partial charge on any atom is 0.320 e. The minimum atomic E-state index is -0.204. The minimum absolute atomic E-state index is 0.140. The van der Waals surface area contributed by atoms with Crippen LogP contribution in [-0.4, -0.2) is 27.3 Å². The number of aromatic amines is 1. The van der Waals surface area contributed by atoms with Crippen LogP contribution in [0.3, 0.4) is 0 Å². The Morgan fingerprint density at radius 1 is 1.38 bits per heavy atom. The number of anilines is 1. The number of pyridine rings is 1. The van der Waals surface area contributed by atoms with Crippen LogP contribution >= 0.6 is 0 Å². The third-order valence-corrected chi connectivity index (χ3v) is 3.69. The van der Waals surface area contributed by atoms with Crippen LogP contribution in [0.15, 0.2) is 18.3 Å². The van der Waals surface area contributed by atoms with Gasteiger partial charge in [-0.05, 0) is 56.4 Å². The Kier molecular flexibility index (Phi) is 3.60. The minimum Gasteiger partial charge on any atom is -0.335 e. The molecule has 110 valence electrons. The lowest BCUT2D eigenvalue weighted by Crippen LogP contribution is -2.41. The first-order chi connectivity index (χ1) is 10.1. The molecule has 1 aliphatic rings. The maximum absolute atomic E-state index is 12.1. The number of amides is 2. The maximum atomic E-state index is 12.1. The fraction of sp³-hybridized carbons (Fsp3) is 0.400. The summed E-state index contributed by atoms with van der Waals surface area (Å²) in [5.74, 6) is 0.588. The zero-order valence-electron chi connectivity index (χ0n) is 12.2. The quantitative estimate of drug-likeness (QED) is 0.790. The molecular formula is C15H19N5O. The first-order valence-electron chi connectivity index (χ1n) is 7.14. The highest BCUT2D eigenvalue weighted by atomic mass is 16.2. The van der Waals surface area contributed by atoms with E-state index >= 15 is 0 Å². The van der Waals surface area contributed by atoms with Crippen LogP contribution in [0.25, 0.3) is 0 Å². The standard InChI is InChI=1S/C15H19N5O/c1-9-5-10(2)17-14(6-9)19-15(21)18-12-3-4-13-11(7-12)8-16-20-13/h5-6,8,12H,3-4,7H2,1-2H3,(H,16,20)(H2,17,18,19,21)/t12-/m0/s1. The number of aryl methyl sites for hydroxylation is 3. The van der Waals surface area contributed by atoms with Crippen LogP contribution in [0.1, 0.15) is 28.9 Å². The normalized spacial score (nSPS) is 17.1. The fourth-order valence-corrected chi connectivity index (χ4v) is 2.78. The molecule has 0 unspecified atom stereocenters. The summed E-state index contributed by atoms with van der Waals surface area (Å²) in [4.78, 5) is 16.4.